The first-order chi connectivity index (χ1) is 8.06. The monoisotopic (exact) mass is 232 g/mol. The fourth-order valence-electron chi connectivity index (χ4n) is 1.41. The molecule has 5 heteroatoms. The molecule has 1 aromatic heterocycles. The van der Waals surface area contributed by atoms with E-state index in [1.54, 1.807) is 25.1 Å². The summed E-state index contributed by atoms with van der Waals surface area (Å²) in [7, 11) is 0. The van der Waals surface area contributed by atoms with Gasteiger partial charge in [-0.15, -0.1) is 0 Å². The van der Waals surface area contributed by atoms with Gasteiger partial charge in [0.15, 0.2) is 5.69 Å². The van der Waals surface area contributed by atoms with E-state index in [0.717, 1.165) is 5.56 Å². The number of amides is 1. The van der Waals surface area contributed by atoms with Crippen molar-refractivity contribution < 1.29 is 14.4 Å². The molecule has 0 unspecified atom stereocenters. The Labute approximate surface area is 98.1 Å². The van der Waals surface area contributed by atoms with Crippen molar-refractivity contribution in [2.45, 2.75) is 13.8 Å². The first-order valence-corrected chi connectivity index (χ1v) is 5.10. The number of rotatable bonds is 2. The zero-order chi connectivity index (χ0) is 12.4. The molecule has 2 aromatic rings. The number of anilines is 1. The van der Waals surface area contributed by atoms with Crippen LogP contribution in [0.1, 0.15) is 21.8 Å². The Kier molecular flexibility index (Phi) is 2.82. The van der Waals surface area contributed by atoms with Gasteiger partial charge in [-0.25, -0.2) is 0 Å². The van der Waals surface area contributed by atoms with Gasteiger partial charge >= 0.3 is 0 Å². The van der Waals surface area contributed by atoms with Crippen molar-refractivity contribution in [2.75, 3.05) is 5.32 Å². The van der Waals surface area contributed by atoms with Crippen molar-refractivity contribution in [3.05, 3.63) is 41.3 Å². The standard InChI is InChI=1S/C12H12N2O3/c1-7-3-4-9(11(15)5-7)13-12(16)10-6-8(2)17-14-10/h3-6,15H,1-2H3,(H,13,16). The van der Waals surface area contributed by atoms with E-state index in [2.05, 4.69) is 10.5 Å². The molecule has 2 N–H and O–H groups in total. The zero-order valence-electron chi connectivity index (χ0n) is 9.52. The van der Waals surface area contributed by atoms with Crippen LogP contribution in [0.25, 0.3) is 0 Å². The molecule has 0 aliphatic heterocycles. The Morgan fingerprint density at radius 3 is 2.71 bits per heavy atom. The summed E-state index contributed by atoms with van der Waals surface area (Å²) in [5, 5.41) is 15.8. The average molecular weight is 232 g/mol. The molecule has 0 fully saturated rings. The Hall–Kier alpha value is -2.30. The third kappa shape index (κ3) is 2.44. The highest BCUT2D eigenvalue weighted by Crippen LogP contribution is 2.24. The van der Waals surface area contributed by atoms with Crippen LogP contribution in [-0.4, -0.2) is 16.2 Å². The van der Waals surface area contributed by atoms with Crippen LogP contribution in [0.15, 0.2) is 28.8 Å². The molecule has 1 heterocycles. The molecule has 0 atom stereocenters. The number of aromatic nitrogens is 1. The quantitative estimate of drug-likeness (QED) is 0.778. The number of aryl methyl sites for hydroxylation is 2. The summed E-state index contributed by atoms with van der Waals surface area (Å²) in [6.45, 7) is 3.56. The Morgan fingerprint density at radius 1 is 1.35 bits per heavy atom. The molecule has 2 rings (SSSR count). The predicted octanol–water partition coefficient (Wildman–Crippen LogP) is 2.25. The van der Waals surface area contributed by atoms with Crippen LogP contribution >= 0.6 is 0 Å². The Morgan fingerprint density at radius 2 is 2.12 bits per heavy atom. The lowest BCUT2D eigenvalue weighted by molar-refractivity contribution is 0.101. The maximum atomic E-state index is 11.7. The van der Waals surface area contributed by atoms with Gasteiger partial charge < -0.3 is 14.9 Å². The van der Waals surface area contributed by atoms with Gasteiger partial charge in [-0.1, -0.05) is 11.2 Å². The first-order valence-electron chi connectivity index (χ1n) is 5.10. The number of aromatic hydroxyl groups is 1. The summed E-state index contributed by atoms with van der Waals surface area (Å²) >= 11 is 0. The minimum absolute atomic E-state index is 0.0265. The number of nitrogens with one attached hydrogen (secondary N) is 1. The van der Waals surface area contributed by atoms with Crippen molar-refractivity contribution in [3.8, 4) is 5.75 Å². The van der Waals surface area contributed by atoms with Gasteiger partial charge in [-0.2, -0.15) is 0 Å². The molecule has 17 heavy (non-hydrogen) atoms. The van der Waals surface area contributed by atoms with Crippen LogP contribution < -0.4 is 5.32 Å². The van der Waals surface area contributed by atoms with E-state index in [1.807, 2.05) is 6.92 Å². The fourth-order valence-corrected chi connectivity index (χ4v) is 1.41. The molecule has 0 saturated heterocycles. The minimum Gasteiger partial charge on any atom is -0.506 e. The van der Waals surface area contributed by atoms with Gasteiger partial charge in [0.2, 0.25) is 0 Å². The number of carbonyl (C=O) groups excluding carboxylic acids is 1. The lowest BCUT2D eigenvalue weighted by atomic mass is 10.2. The highest BCUT2D eigenvalue weighted by Gasteiger charge is 2.12. The Balaban J connectivity index is 2.18. The largest absolute Gasteiger partial charge is 0.506 e. The van der Waals surface area contributed by atoms with Crippen molar-refractivity contribution in [1.82, 2.24) is 5.16 Å². The summed E-state index contributed by atoms with van der Waals surface area (Å²) in [5.74, 6) is 0.169. The zero-order valence-corrected chi connectivity index (χ0v) is 9.52. The molecule has 0 radical (unpaired) electrons. The molecular formula is C12H12N2O3. The Bertz CT molecular complexity index is 561. The topological polar surface area (TPSA) is 75.4 Å². The highest BCUT2D eigenvalue weighted by atomic mass is 16.5. The second kappa shape index (κ2) is 4.29. The summed E-state index contributed by atoms with van der Waals surface area (Å²) in [4.78, 5) is 11.7. The summed E-state index contributed by atoms with van der Waals surface area (Å²) < 4.78 is 4.80. The first kappa shape index (κ1) is 11.2. The van der Waals surface area contributed by atoms with Gasteiger partial charge in [-0.05, 0) is 31.5 Å². The van der Waals surface area contributed by atoms with Crippen molar-refractivity contribution >= 4 is 11.6 Å². The van der Waals surface area contributed by atoms with Gasteiger partial charge in [0.1, 0.15) is 11.5 Å². The number of hydrogen-bond acceptors (Lipinski definition) is 4. The van der Waals surface area contributed by atoms with E-state index in [0.29, 0.717) is 11.4 Å². The van der Waals surface area contributed by atoms with E-state index < -0.39 is 5.91 Å². The minimum atomic E-state index is -0.416. The number of nitrogens with zero attached hydrogens (tertiary/aromatic N) is 1. The molecule has 0 bridgehead atoms. The van der Waals surface area contributed by atoms with Gasteiger partial charge in [-0.3, -0.25) is 4.79 Å². The SMILES string of the molecule is Cc1ccc(NC(=O)c2cc(C)on2)c(O)c1. The van der Waals surface area contributed by atoms with Gasteiger partial charge in [0, 0.05) is 6.07 Å². The predicted molar refractivity (Wildman–Crippen MR) is 62.0 cm³/mol. The lowest BCUT2D eigenvalue weighted by Crippen LogP contribution is -2.12. The maximum Gasteiger partial charge on any atom is 0.277 e. The van der Waals surface area contributed by atoms with Crippen LogP contribution in [-0.2, 0) is 0 Å². The van der Waals surface area contributed by atoms with Gasteiger partial charge in [0.05, 0.1) is 5.69 Å². The lowest BCUT2D eigenvalue weighted by Gasteiger charge is -2.05. The summed E-state index contributed by atoms with van der Waals surface area (Å²) in [6, 6.07) is 6.53. The van der Waals surface area contributed by atoms with Crippen LogP contribution in [0.3, 0.4) is 0 Å². The van der Waals surface area contributed by atoms with Gasteiger partial charge in [0.25, 0.3) is 5.91 Å². The average Bonchev–Trinajstić information content (AvgIpc) is 2.69. The van der Waals surface area contributed by atoms with E-state index in [1.165, 1.54) is 6.07 Å². The maximum absolute atomic E-state index is 11.7. The number of phenols is 1. The second-order valence-corrected chi connectivity index (χ2v) is 3.80. The smallest absolute Gasteiger partial charge is 0.277 e. The fraction of sp³-hybridized carbons (Fsp3) is 0.167. The second-order valence-electron chi connectivity index (χ2n) is 3.80. The van der Waals surface area contributed by atoms with Crippen LogP contribution in [0.4, 0.5) is 5.69 Å². The van der Waals surface area contributed by atoms with Crippen molar-refractivity contribution in [1.29, 1.82) is 0 Å². The van der Waals surface area contributed by atoms with E-state index >= 15 is 0 Å². The van der Waals surface area contributed by atoms with Crippen molar-refractivity contribution in [3.63, 3.8) is 0 Å². The molecule has 0 saturated carbocycles. The number of phenolic OH excluding ortho intramolecular Hbond substituents is 1. The molecule has 1 aromatic carbocycles. The molecule has 0 aliphatic rings. The van der Waals surface area contributed by atoms with Crippen molar-refractivity contribution in [2.24, 2.45) is 0 Å². The summed E-state index contributed by atoms with van der Waals surface area (Å²) in [5.41, 5.74) is 1.45. The van der Waals surface area contributed by atoms with Crippen LogP contribution in [0, 0.1) is 13.8 Å². The third-order valence-corrected chi connectivity index (χ3v) is 2.26. The molecule has 0 spiro atoms. The number of carbonyl (C=O) groups is 1. The number of hydrogen-bond donors (Lipinski definition) is 2. The molecular weight excluding hydrogens is 220 g/mol. The van der Waals surface area contributed by atoms with E-state index in [4.69, 9.17) is 4.52 Å². The van der Waals surface area contributed by atoms with Crippen LogP contribution in [0.2, 0.25) is 0 Å². The summed E-state index contributed by atoms with van der Waals surface area (Å²) in [6.07, 6.45) is 0. The molecule has 1 amide bonds. The molecule has 5 nitrogen and oxygen atoms in total. The molecule has 0 aliphatic carbocycles. The normalized spacial score (nSPS) is 10.2. The van der Waals surface area contributed by atoms with E-state index in [-0.39, 0.29) is 11.4 Å². The highest BCUT2D eigenvalue weighted by molar-refractivity contribution is 6.03. The molecule has 88 valence electrons. The third-order valence-electron chi connectivity index (χ3n) is 2.26. The van der Waals surface area contributed by atoms with Crippen LogP contribution in [0.5, 0.6) is 5.75 Å². The van der Waals surface area contributed by atoms with E-state index in [9.17, 15) is 9.90 Å². The number of benzene rings is 1.